The van der Waals surface area contributed by atoms with Gasteiger partial charge in [0.25, 0.3) is 0 Å². The van der Waals surface area contributed by atoms with Crippen LogP contribution in [0.4, 0.5) is 10.5 Å². The lowest BCUT2D eigenvalue weighted by atomic mass is 10.2. The number of hydrogen-bond donors (Lipinski definition) is 1. The van der Waals surface area contributed by atoms with Gasteiger partial charge in [0, 0.05) is 10.7 Å². The van der Waals surface area contributed by atoms with Crippen LogP contribution < -0.4 is 5.32 Å². The smallest absolute Gasteiger partial charge is 0.312 e. The molecule has 12 heavy (non-hydrogen) atoms. The summed E-state index contributed by atoms with van der Waals surface area (Å²) < 4.78 is 0. The first-order valence-electron chi connectivity index (χ1n) is 3.32. The zero-order valence-corrected chi connectivity index (χ0v) is 7.91. The molecule has 0 unspecified atom stereocenters. The SMILES string of the molecule is Cc1ccc(Cl)cc1NC(=O)Cl. The van der Waals surface area contributed by atoms with E-state index in [0.29, 0.717) is 10.7 Å². The molecule has 4 heteroatoms. The molecule has 0 aliphatic rings. The monoisotopic (exact) mass is 203 g/mol. The van der Waals surface area contributed by atoms with E-state index in [-0.39, 0.29) is 0 Å². The lowest BCUT2D eigenvalue weighted by Gasteiger charge is -2.04. The predicted molar refractivity (Wildman–Crippen MR) is 51.1 cm³/mol. The van der Waals surface area contributed by atoms with E-state index in [0.717, 1.165) is 5.56 Å². The maximum absolute atomic E-state index is 10.5. The van der Waals surface area contributed by atoms with Crippen molar-refractivity contribution >= 4 is 34.3 Å². The Bertz CT molecular complexity index is 312. The Morgan fingerprint density at radius 3 is 2.75 bits per heavy atom. The second-order valence-corrected chi connectivity index (χ2v) is 3.14. The molecule has 0 spiro atoms. The normalized spacial score (nSPS) is 9.58. The van der Waals surface area contributed by atoms with Crippen molar-refractivity contribution in [3.05, 3.63) is 28.8 Å². The minimum absolute atomic E-state index is 0.570. The Balaban J connectivity index is 2.97. The van der Waals surface area contributed by atoms with E-state index in [2.05, 4.69) is 5.32 Å². The Labute approximate surface area is 80.5 Å². The van der Waals surface area contributed by atoms with Crippen LogP contribution in [0.5, 0.6) is 0 Å². The molecule has 1 N–H and O–H groups in total. The zero-order valence-electron chi connectivity index (χ0n) is 6.40. The molecule has 1 amide bonds. The molecule has 2 nitrogen and oxygen atoms in total. The van der Waals surface area contributed by atoms with Crippen molar-refractivity contribution in [3.63, 3.8) is 0 Å². The van der Waals surface area contributed by atoms with Crippen molar-refractivity contribution in [2.75, 3.05) is 5.32 Å². The van der Waals surface area contributed by atoms with Gasteiger partial charge in [0.05, 0.1) is 0 Å². The van der Waals surface area contributed by atoms with Crippen LogP contribution in [-0.2, 0) is 0 Å². The van der Waals surface area contributed by atoms with Crippen molar-refractivity contribution in [3.8, 4) is 0 Å². The standard InChI is InChI=1S/C8H7Cl2NO/c1-5-2-3-6(9)4-7(5)11-8(10)12/h2-4H,1H3,(H,11,12). The molecular weight excluding hydrogens is 197 g/mol. The number of halogens is 2. The molecule has 0 saturated carbocycles. The summed E-state index contributed by atoms with van der Waals surface area (Å²) in [7, 11) is 0. The van der Waals surface area contributed by atoms with E-state index in [1.807, 2.05) is 13.0 Å². The third-order valence-corrected chi connectivity index (χ3v) is 1.76. The van der Waals surface area contributed by atoms with E-state index in [4.69, 9.17) is 23.2 Å². The lowest BCUT2D eigenvalue weighted by Crippen LogP contribution is -2.02. The van der Waals surface area contributed by atoms with Crippen molar-refractivity contribution in [1.82, 2.24) is 0 Å². The van der Waals surface area contributed by atoms with Gasteiger partial charge in [-0.05, 0) is 36.2 Å². The zero-order chi connectivity index (χ0) is 9.14. The maximum Gasteiger partial charge on any atom is 0.318 e. The van der Waals surface area contributed by atoms with Gasteiger partial charge in [0.1, 0.15) is 0 Å². The predicted octanol–water partition coefficient (Wildman–Crippen LogP) is 3.42. The summed E-state index contributed by atoms with van der Waals surface area (Å²) >= 11 is 10.8. The molecule has 0 fully saturated rings. The number of carbonyl (C=O) groups is 1. The highest BCUT2D eigenvalue weighted by atomic mass is 35.5. The highest BCUT2D eigenvalue weighted by Gasteiger charge is 2.01. The Hall–Kier alpha value is -0.730. The average Bonchev–Trinajstić information content (AvgIpc) is 1.96. The summed E-state index contributed by atoms with van der Waals surface area (Å²) in [5, 5.41) is 2.42. The van der Waals surface area contributed by atoms with Crippen LogP contribution in [0.2, 0.25) is 5.02 Å². The Kier molecular flexibility index (Phi) is 2.95. The quantitative estimate of drug-likeness (QED) is 0.551. The molecule has 1 aromatic rings. The number of benzene rings is 1. The van der Waals surface area contributed by atoms with Crippen LogP contribution in [0, 0.1) is 6.92 Å². The van der Waals surface area contributed by atoms with Gasteiger partial charge < -0.3 is 5.32 Å². The number of rotatable bonds is 1. The van der Waals surface area contributed by atoms with Crippen LogP contribution in [0.15, 0.2) is 18.2 Å². The third kappa shape index (κ3) is 2.40. The molecule has 64 valence electrons. The third-order valence-electron chi connectivity index (χ3n) is 1.43. The van der Waals surface area contributed by atoms with Gasteiger partial charge in [-0.1, -0.05) is 17.7 Å². The summed E-state index contributed by atoms with van der Waals surface area (Å²) in [5.41, 5.74) is 1.57. The number of amides is 1. The summed E-state index contributed by atoms with van der Waals surface area (Å²) in [6, 6.07) is 5.21. The minimum Gasteiger partial charge on any atom is -0.312 e. The molecular formula is C8H7Cl2NO. The highest BCUT2D eigenvalue weighted by Crippen LogP contribution is 2.20. The molecule has 0 heterocycles. The fraction of sp³-hybridized carbons (Fsp3) is 0.125. The molecule has 0 aromatic heterocycles. The van der Waals surface area contributed by atoms with Gasteiger partial charge in [0.2, 0.25) is 0 Å². The minimum atomic E-state index is -0.611. The molecule has 0 bridgehead atoms. The molecule has 0 saturated heterocycles. The topological polar surface area (TPSA) is 29.1 Å². The Morgan fingerprint density at radius 1 is 1.50 bits per heavy atom. The molecule has 0 radical (unpaired) electrons. The highest BCUT2D eigenvalue weighted by molar-refractivity contribution is 6.65. The van der Waals surface area contributed by atoms with Crippen molar-refractivity contribution in [2.45, 2.75) is 6.92 Å². The summed E-state index contributed by atoms with van der Waals surface area (Å²) in [6.45, 7) is 1.86. The second-order valence-electron chi connectivity index (χ2n) is 2.36. The van der Waals surface area contributed by atoms with Crippen LogP contribution >= 0.6 is 23.2 Å². The molecule has 1 aromatic carbocycles. The average molecular weight is 204 g/mol. The first-order chi connectivity index (χ1) is 5.59. The van der Waals surface area contributed by atoms with Gasteiger partial charge in [-0.2, -0.15) is 0 Å². The van der Waals surface area contributed by atoms with Crippen LogP contribution in [-0.4, -0.2) is 5.37 Å². The van der Waals surface area contributed by atoms with Crippen molar-refractivity contribution < 1.29 is 4.79 Å². The number of aryl methyl sites for hydroxylation is 1. The fourth-order valence-electron chi connectivity index (χ4n) is 0.835. The first-order valence-corrected chi connectivity index (χ1v) is 4.08. The number of carbonyl (C=O) groups excluding carboxylic acids is 1. The van der Waals surface area contributed by atoms with E-state index in [9.17, 15) is 4.79 Å². The van der Waals surface area contributed by atoms with E-state index >= 15 is 0 Å². The van der Waals surface area contributed by atoms with Crippen molar-refractivity contribution in [1.29, 1.82) is 0 Å². The summed E-state index contributed by atoms with van der Waals surface area (Å²) in [5.74, 6) is 0. The maximum atomic E-state index is 10.5. The van der Waals surface area contributed by atoms with Gasteiger partial charge in [0.15, 0.2) is 0 Å². The van der Waals surface area contributed by atoms with E-state index in [1.54, 1.807) is 12.1 Å². The van der Waals surface area contributed by atoms with E-state index < -0.39 is 5.37 Å². The van der Waals surface area contributed by atoms with Gasteiger partial charge in [-0.3, -0.25) is 4.79 Å². The second kappa shape index (κ2) is 3.78. The fourth-order valence-corrected chi connectivity index (χ4v) is 1.11. The molecule has 0 aliphatic heterocycles. The van der Waals surface area contributed by atoms with E-state index in [1.165, 1.54) is 0 Å². The van der Waals surface area contributed by atoms with Gasteiger partial charge >= 0.3 is 5.37 Å². The number of anilines is 1. The lowest BCUT2D eigenvalue weighted by molar-refractivity contribution is 0.269. The Morgan fingerprint density at radius 2 is 2.17 bits per heavy atom. The molecule has 0 atom stereocenters. The molecule has 1 rings (SSSR count). The molecule has 0 aliphatic carbocycles. The van der Waals surface area contributed by atoms with Gasteiger partial charge in [-0.15, -0.1) is 0 Å². The van der Waals surface area contributed by atoms with Crippen LogP contribution in [0.3, 0.4) is 0 Å². The number of nitrogens with one attached hydrogen (secondary N) is 1. The largest absolute Gasteiger partial charge is 0.318 e. The summed E-state index contributed by atoms with van der Waals surface area (Å²) in [6.07, 6.45) is 0. The number of hydrogen-bond acceptors (Lipinski definition) is 1. The summed E-state index contributed by atoms with van der Waals surface area (Å²) in [4.78, 5) is 10.5. The van der Waals surface area contributed by atoms with Crippen LogP contribution in [0.25, 0.3) is 0 Å². The van der Waals surface area contributed by atoms with Crippen LogP contribution in [0.1, 0.15) is 5.56 Å². The first kappa shape index (κ1) is 9.36. The van der Waals surface area contributed by atoms with Gasteiger partial charge in [-0.25, -0.2) is 0 Å². The van der Waals surface area contributed by atoms with Crippen molar-refractivity contribution in [2.24, 2.45) is 0 Å².